The summed E-state index contributed by atoms with van der Waals surface area (Å²) in [6.45, 7) is 3.77. The first-order valence-corrected chi connectivity index (χ1v) is 8.54. The van der Waals surface area contributed by atoms with Crippen LogP contribution in [0.25, 0.3) is 0 Å². The summed E-state index contributed by atoms with van der Waals surface area (Å²) in [5.74, 6) is 0.395. The summed E-state index contributed by atoms with van der Waals surface area (Å²) < 4.78 is 23.5. The summed E-state index contributed by atoms with van der Waals surface area (Å²) in [5, 5.41) is 5.94. The lowest BCUT2D eigenvalue weighted by Gasteiger charge is -2.15. The van der Waals surface area contributed by atoms with Gasteiger partial charge in [-0.1, -0.05) is 24.3 Å². The molecule has 2 aromatic rings. The highest BCUT2D eigenvalue weighted by Crippen LogP contribution is 2.18. The molecule has 5 nitrogen and oxygen atoms in total. The molecule has 1 unspecified atom stereocenters. The SMILES string of the molecule is COCCNCC(=O)NC(C)c1ccc(OCc2ccc(F)cc2)cc1. The van der Waals surface area contributed by atoms with E-state index in [1.165, 1.54) is 12.1 Å². The highest BCUT2D eigenvalue weighted by molar-refractivity contribution is 5.78. The average molecular weight is 360 g/mol. The van der Waals surface area contributed by atoms with E-state index in [-0.39, 0.29) is 24.3 Å². The summed E-state index contributed by atoms with van der Waals surface area (Å²) in [4.78, 5) is 11.9. The number of rotatable bonds is 10. The Hall–Kier alpha value is -2.44. The molecule has 0 bridgehead atoms. The van der Waals surface area contributed by atoms with E-state index in [0.29, 0.717) is 19.8 Å². The van der Waals surface area contributed by atoms with Crippen LogP contribution in [0.5, 0.6) is 5.75 Å². The van der Waals surface area contributed by atoms with Gasteiger partial charge in [-0.2, -0.15) is 0 Å². The van der Waals surface area contributed by atoms with Gasteiger partial charge in [0.15, 0.2) is 0 Å². The van der Waals surface area contributed by atoms with Crippen molar-refractivity contribution in [1.82, 2.24) is 10.6 Å². The Morgan fingerprint density at radius 2 is 1.81 bits per heavy atom. The number of ether oxygens (including phenoxy) is 2. The number of halogens is 1. The fourth-order valence-corrected chi connectivity index (χ4v) is 2.35. The Morgan fingerprint density at radius 3 is 2.46 bits per heavy atom. The van der Waals surface area contributed by atoms with Crippen molar-refractivity contribution in [2.45, 2.75) is 19.6 Å². The fourth-order valence-electron chi connectivity index (χ4n) is 2.35. The molecule has 0 fully saturated rings. The molecule has 0 heterocycles. The Balaban J connectivity index is 1.78. The summed E-state index contributed by atoms with van der Waals surface area (Å²) in [7, 11) is 1.62. The number of hydrogen-bond donors (Lipinski definition) is 2. The number of amides is 1. The zero-order chi connectivity index (χ0) is 18.8. The third-order valence-corrected chi connectivity index (χ3v) is 3.84. The van der Waals surface area contributed by atoms with E-state index in [9.17, 15) is 9.18 Å². The molecule has 0 aliphatic carbocycles. The van der Waals surface area contributed by atoms with E-state index in [0.717, 1.165) is 16.9 Å². The Bertz CT molecular complexity index is 674. The van der Waals surface area contributed by atoms with Crippen LogP contribution in [-0.4, -0.2) is 32.7 Å². The van der Waals surface area contributed by atoms with Crippen molar-refractivity contribution in [2.75, 3.05) is 26.8 Å². The minimum atomic E-state index is -0.261. The largest absolute Gasteiger partial charge is 0.489 e. The second-order valence-corrected chi connectivity index (χ2v) is 5.94. The van der Waals surface area contributed by atoms with Gasteiger partial charge in [0.2, 0.25) is 5.91 Å². The Kier molecular flexibility index (Phi) is 8.05. The number of methoxy groups -OCH3 is 1. The molecular formula is C20H25FN2O3. The molecule has 1 amide bonds. The number of hydrogen-bond acceptors (Lipinski definition) is 4. The first-order valence-electron chi connectivity index (χ1n) is 8.54. The van der Waals surface area contributed by atoms with Crippen LogP contribution in [-0.2, 0) is 16.1 Å². The summed E-state index contributed by atoms with van der Waals surface area (Å²) in [5.41, 5.74) is 1.89. The van der Waals surface area contributed by atoms with Crippen LogP contribution in [0, 0.1) is 5.82 Å². The molecule has 0 radical (unpaired) electrons. The van der Waals surface area contributed by atoms with Crippen molar-refractivity contribution < 1.29 is 18.7 Å². The lowest BCUT2D eigenvalue weighted by Crippen LogP contribution is -2.36. The lowest BCUT2D eigenvalue weighted by atomic mass is 10.1. The summed E-state index contributed by atoms with van der Waals surface area (Å²) in [6, 6.07) is 13.7. The normalized spacial score (nSPS) is 11.8. The van der Waals surface area contributed by atoms with Crippen LogP contribution in [0.2, 0.25) is 0 Å². The molecule has 0 saturated carbocycles. The Labute approximate surface area is 153 Å². The number of benzene rings is 2. The van der Waals surface area contributed by atoms with Gasteiger partial charge in [-0.05, 0) is 42.3 Å². The van der Waals surface area contributed by atoms with Crippen LogP contribution in [0.15, 0.2) is 48.5 Å². The molecule has 6 heteroatoms. The fraction of sp³-hybridized carbons (Fsp3) is 0.350. The van der Waals surface area contributed by atoms with E-state index in [4.69, 9.17) is 9.47 Å². The quantitative estimate of drug-likeness (QED) is 0.640. The van der Waals surface area contributed by atoms with Crippen LogP contribution < -0.4 is 15.4 Å². The van der Waals surface area contributed by atoms with Gasteiger partial charge in [0.25, 0.3) is 0 Å². The van der Waals surface area contributed by atoms with Crippen molar-refractivity contribution >= 4 is 5.91 Å². The molecular weight excluding hydrogens is 335 g/mol. The standard InChI is InChI=1S/C20H25FN2O3/c1-15(23-20(24)13-22-11-12-25-2)17-5-9-19(10-6-17)26-14-16-3-7-18(21)8-4-16/h3-10,15,22H,11-14H2,1-2H3,(H,23,24). The van der Waals surface area contributed by atoms with Gasteiger partial charge < -0.3 is 20.1 Å². The minimum Gasteiger partial charge on any atom is -0.489 e. The average Bonchev–Trinajstić information content (AvgIpc) is 2.65. The minimum absolute atomic E-state index is 0.0646. The van der Waals surface area contributed by atoms with Gasteiger partial charge >= 0.3 is 0 Å². The first kappa shape index (κ1) is 19.9. The zero-order valence-electron chi connectivity index (χ0n) is 15.1. The zero-order valence-corrected chi connectivity index (χ0v) is 15.1. The third kappa shape index (κ3) is 6.82. The molecule has 140 valence electrons. The van der Waals surface area contributed by atoms with Gasteiger partial charge in [-0.25, -0.2) is 4.39 Å². The molecule has 2 aromatic carbocycles. The Morgan fingerprint density at radius 1 is 1.12 bits per heavy atom. The van der Waals surface area contributed by atoms with E-state index in [1.54, 1.807) is 19.2 Å². The molecule has 0 saturated heterocycles. The topological polar surface area (TPSA) is 59.6 Å². The molecule has 1 atom stereocenters. The number of nitrogens with one attached hydrogen (secondary N) is 2. The van der Waals surface area contributed by atoms with Crippen molar-refractivity contribution in [3.05, 3.63) is 65.5 Å². The van der Waals surface area contributed by atoms with Gasteiger partial charge in [-0.15, -0.1) is 0 Å². The molecule has 0 aliphatic rings. The predicted molar refractivity (Wildman–Crippen MR) is 98.5 cm³/mol. The molecule has 0 aliphatic heterocycles. The second-order valence-electron chi connectivity index (χ2n) is 5.94. The van der Waals surface area contributed by atoms with Gasteiger partial charge in [-0.3, -0.25) is 4.79 Å². The van der Waals surface area contributed by atoms with E-state index in [2.05, 4.69) is 10.6 Å². The monoisotopic (exact) mass is 360 g/mol. The highest BCUT2D eigenvalue weighted by atomic mass is 19.1. The van der Waals surface area contributed by atoms with Crippen LogP contribution >= 0.6 is 0 Å². The summed E-state index contributed by atoms with van der Waals surface area (Å²) >= 11 is 0. The maximum Gasteiger partial charge on any atom is 0.234 e. The number of carbonyl (C=O) groups is 1. The van der Waals surface area contributed by atoms with Gasteiger partial charge in [0.1, 0.15) is 18.2 Å². The lowest BCUT2D eigenvalue weighted by molar-refractivity contribution is -0.120. The van der Waals surface area contributed by atoms with E-state index < -0.39 is 0 Å². The van der Waals surface area contributed by atoms with Gasteiger partial charge in [0.05, 0.1) is 19.2 Å². The predicted octanol–water partition coefficient (Wildman–Crippen LogP) is 2.82. The molecule has 0 spiro atoms. The van der Waals surface area contributed by atoms with Crippen LogP contribution in [0.3, 0.4) is 0 Å². The number of carbonyl (C=O) groups excluding carboxylic acids is 1. The van der Waals surface area contributed by atoms with Gasteiger partial charge in [0, 0.05) is 13.7 Å². The van der Waals surface area contributed by atoms with E-state index >= 15 is 0 Å². The maximum atomic E-state index is 12.9. The molecule has 0 aromatic heterocycles. The van der Waals surface area contributed by atoms with E-state index in [1.807, 2.05) is 31.2 Å². The smallest absolute Gasteiger partial charge is 0.234 e. The molecule has 2 N–H and O–H groups in total. The summed E-state index contributed by atoms with van der Waals surface area (Å²) in [6.07, 6.45) is 0. The van der Waals surface area contributed by atoms with Crippen LogP contribution in [0.4, 0.5) is 4.39 Å². The third-order valence-electron chi connectivity index (χ3n) is 3.84. The van der Waals surface area contributed by atoms with Crippen LogP contribution in [0.1, 0.15) is 24.1 Å². The van der Waals surface area contributed by atoms with Crippen molar-refractivity contribution in [1.29, 1.82) is 0 Å². The maximum absolute atomic E-state index is 12.9. The van der Waals surface area contributed by atoms with Crippen molar-refractivity contribution in [3.8, 4) is 5.75 Å². The van der Waals surface area contributed by atoms with Crippen molar-refractivity contribution in [2.24, 2.45) is 0 Å². The highest BCUT2D eigenvalue weighted by Gasteiger charge is 2.09. The molecule has 26 heavy (non-hydrogen) atoms. The second kappa shape index (κ2) is 10.5. The molecule has 2 rings (SSSR count). The van der Waals surface area contributed by atoms with Crippen molar-refractivity contribution in [3.63, 3.8) is 0 Å². The first-order chi connectivity index (χ1) is 12.6.